The lowest BCUT2D eigenvalue weighted by molar-refractivity contribution is 0.173. The van der Waals surface area contributed by atoms with Crippen molar-refractivity contribution in [2.24, 2.45) is 5.41 Å². The predicted molar refractivity (Wildman–Crippen MR) is 84.8 cm³/mol. The first-order valence-electron chi connectivity index (χ1n) is 7.38. The van der Waals surface area contributed by atoms with E-state index >= 15 is 0 Å². The molecule has 2 aliphatic heterocycles. The molecule has 1 unspecified atom stereocenters. The molecule has 3 rings (SSSR count). The second-order valence-corrected chi connectivity index (χ2v) is 6.94. The first-order chi connectivity index (χ1) is 9.72. The van der Waals surface area contributed by atoms with Crippen LogP contribution in [0.3, 0.4) is 0 Å². The summed E-state index contributed by atoms with van der Waals surface area (Å²) in [4.78, 5) is 2.49. The highest BCUT2D eigenvalue weighted by atomic mass is 79.9. The lowest BCUT2D eigenvalue weighted by atomic mass is 9.74. The van der Waals surface area contributed by atoms with Crippen molar-refractivity contribution in [1.82, 2.24) is 5.32 Å². The normalized spacial score (nSPS) is 26.5. The van der Waals surface area contributed by atoms with Crippen molar-refractivity contribution in [2.45, 2.75) is 25.7 Å². The van der Waals surface area contributed by atoms with Crippen molar-refractivity contribution in [3.8, 4) is 6.07 Å². The molecule has 2 saturated heterocycles. The number of benzene rings is 1. The molecule has 1 atom stereocenters. The van der Waals surface area contributed by atoms with Gasteiger partial charge in [-0.2, -0.15) is 5.26 Å². The molecule has 0 bridgehead atoms. The summed E-state index contributed by atoms with van der Waals surface area (Å²) in [5.74, 6) is 0. The van der Waals surface area contributed by atoms with E-state index < -0.39 is 0 Å². The third-order valence-electron chi connectivity index (χ3n) is 4.66. The molecule has 106 valence electrons. The van der Waals surface area contributed by atoms with Gasteiger partial charge >= 0.3 is 0 Å². The number of nitriles is 1. The van der Waals surface area contributed by atoms with Crippen molar-refractivity contribution in [2.75, 3.05) is 31.1 Å². The summed E-state index contributed by atoms with van der Waals surface area (Å²) in [5.41, 5.74) is 2.40. The van der Waals surface area contributed by atoms with E-state index in [0.29, 0.717) is 11.0 Å². The van der Waals surface area contributed by atoms with Crippen LogP contribution < -0.4 is 10.2 Å². The van der Waals surface area contributed by atoms with Gasteiger partial charge in [-0.15, -0.1) is 0 Å². The fraction of sp³-hybridized carbons (Fsp3) is 0.562. The van der Waals surface area contributed by atoms with E-state index in [2.05, 4.69) is 44.3 Å². The van der Waals surface area contributed by atoms with Crippen molar-refractivity contribution in [3.63, 3.8) is 0 Å². The lowest BCUT2D eigenvalue weighted by Crippen LogP contribution is -2.51. The maximum Gasteiger partial charge on any atom is 0.100 e. The van der Waals surface area contributed by atoms with Crippen LogP contribution in [0, 0.1) is 16.7 Å². The molecule has 3 nitrogen and oxygen atoms in total. The minimum atomic E-state index is 0.455. The number of piperidine rings is 2. The van der Waals surface area contributed by atoms with Gasteiger partial charge in [0.2, 0.25) is 0 Å². The number of hydrogen-bond donors (Lipinski definition) is 1. The molecule has 0 radical (unpaired) electrons. The third-order valence-corrected chi connectivity index (χ3v) is 5.32. The van der Waals surface area contributed by atoms with Gasteiger partial charge in [-0.3, -0.25) is 0 Å². The van der Waals surface area contributed by atoms with Gasteiger partial charge < -0.3 is 10.2 Å². The molecule has 2 fully saturated rings. The number of hydrogen-bond acceptors (Lipinski definition) is 3. The Labute approximate surface area is 129 Å². The van der Waals surface area contributed by atoms with Crippen LogP contribution >= 0.6 is 15.9 Å². The molecule has 0 aromatic heterocycles. The lowest BCUT2D eigenvalue weighted by Gasteiger charge is -2.46. The number of rotatable bonds is 1. The molecule has 20 heavy (non-hydrogen) atoms. The van der Waals surface area contributed by atoms with E-state index in [0.717, 1.165) is 24.1 Å². The monoisotopic (exact) mass is 333 g/mol. The van der Waals surface area contributed by atoms with E-state index in [9.17, 15) is 0 Å². The summed E-state index contributed by atoms with van der Waals surface area (Å²) in [7, 11) is 0. The molecule has 2 heterocycles. The van der Waals surface area contributed by atoms with Gasteiger partial charge in [-0.1, -0.05) is 0 Å². The summed E-state index contributed by atoms with van der Waals surface area (Å²) >= 11 is 3.50. The minimum absolute atomic E-state index is 0.455. The first-order valence-corrected chi connectivity index (χ1v) is 8.17. The van der Waals surface area contributed by atoms with Gasteiger partial charge in [-0.25, -0.2) is 0 Å². The second-order valence-electron chi connectivity index (χ2n) is 6.08. The Morgan fingerprint density at radius 2 is 2.15 bits per heavy atom. The minimum Gasteiger partial charge on any atom is -0.371 e. The maximum absolute atomic E-state index is 9.02. The molecule has 0 saturated carbocycles. The number of anilines is 1. The Kier molecular flexibility index (Phi) is 4.00. The van der Waals surface area contributed by atoms with Gasteiger partial charge in [-0.05, 0) is 66.4 Å². The van der Waals surface area contributed by atoms with Crippen LogP contribution in [0.1, 0.15) is 31.2 Å². The fourth-order valence-electron chi connectivity index (χ4n) is 3.60. The Hall–Kier alpha value is -1.05. The SMILES string of the molecule is N#Cc1ccc(N2CCCC3(CCCNC3)C2)cc1Br. The topological polar surface area (TPSA) is 39.1 Å². The maximum atomic E-state index is 9.02. The van der Waals surface area contributed by atoms with Gasteiger partial charge in [0.05, 0.1) is 5.56 Å². The summed E-state index contributed by atoms with van der Waals surface area (Å²) in [6, 6.07) is 8.30. The fourth-order valence-corrected chi connectivity index (χ4v) is 4.05. The highest BCUT2D eigenvalue weighted by Crippen LogP contribution is 2.38. The largest absolute Gasteiger partial charge is 0.371 e. The van der Waals surface area contributed by atoms with Crippen molar-refractivity contribution >= 4 is 21.6 Å². The average Bonchev–Trinajstić information content (AvgIpc) is 2.48. The van der Waals surface area contributed by atoms with Crippen molar-refractivity contribution in [3.05, 3.63) is 28.2 Å². The molecule has 2 aliphatic rings. The molecule has 1 N–H and O–H groups in total. The predicted octanol–water partition coefficient (Wildman–Crippen LogP) is 3.29. The van der Waals surface area contributed by atoms with Crippen LogP contribution in [-0.4, -0.2) is 26.2 Å². The molecular formula is C16H20BrN3. The molecule has 0 amide bonds. The molecule has 1 aromatic carbocycles. The Morgan fingerprint density at radius 1 is 1.30 bits per heavy atom. The summed E-state index contributed by atoms with van der Waals surface area (Å²) in [5, 5.41) is 12.6. The first kappa shape index (κ1) is 13.9. The number of nitrogens with one attached hydrogen (secondary N) is 1. The Bertz CT molecular complexity index is 524. The standard InChI is InChI=1S/C16H20BrN3/c17-15-9-14(4-3-13(15)10-18)20-8-2-6-16(12-20)5-1-7-19-11-16/h3-4,9,19H,1-2,5-8,11-12H2. The molecule has 1 spiro atoms. The smallest absolute Gasteiger partial charge is 0.100 e. The van der Waals surface area contributed by atoms with E-state index in [1.165, 1.54) is 37.9 Å². The van der Waals surface area contributed by atoms with Crippen LogP contribution in [0.2, 0.25) is 0 Å². The van der Waals surface area contributed by atoms with Crippen LogP contribution in [-0.2, 0) is 0 Å². The number of halogens is 1. The highest BCUT2D eigenvalue weighted by molar-refractivity contribution is 9.10. The van der Waals surface area contributed by atoms with Crippen LogP contribution in [0.15, 0.2) is 22.7 Å². The zero-order chi connectivity index (χ0) is 14.0. The summed E-state index contributed by atoms with van der Waals surface area (Å²) in [6.07, 6.45) is 5.24. The Balaban J connectivity index is 1.80. The van der Waals surface area contributed by atoms with Crippen LogP contribution in [0.5, 0.6) is 0 Å². The highest BCUT2D eigenvalue weighted by Gasteiger charge is 2.36. The Morgan fingerprint density at radius 3 is 2.85 bits per heavy atom. The third kappa shape index (κ3) is 2.70. The quantitative estimate of drug-likeness (QED) is 0.857. The number of nitrogens with zero attached hydrogens (tertiary/aromatic N) is 2. The molecule has 4 heteroatoms. The van der Waals surface area contributed by atoms with E-state index in [4.69, 9.17) is 5.26 Å². The van der Waals surface area contributed by atoms with Crippen LogP contribution in [0.25, 0.3) is 0 Å². The zero-order valence-electron chi connectivity index (χ0n) is 11.7. The van der Waals surface area contributed by atoms with E-state index in [1.807, 2.05) is 6.07 Å². The van der Waals surface area contributed by atoms with Gasteiger partial charge in [0.15, 0.2) is 0 Å². The second kappa shape index (κ2) is 5.75. The zero-order valence-corrected chi connectivity index (χ0v) is 13.2. The van der Waals surface area contributed by atoms with Crippen molar-refractivity contribution in [1.29, 1.82) is 5.26 Å². The average molecular weight is 334 g/mol. The molecular weight excluding hydrogens is 314 g/mol. The molecule has 1 aromatic rings. The van der Waals surface area contributed by atoms with Crippen LogP contribution in [0.4, 0.5) is 5.69 Å². The van der Waals surface area contributed by atoms with Gasteiger partial charge in [0.1, 0.15) is 6.07 Å². The summed E-state index contributed by atoms with van der Waals surface area (Å²) in [6.45, 7) is 4.59. The van der Waals surface area contributed by atoms with E-state index in [-0.39, 0.29) is 0 Å². The van der Waals surface area contributed by atoms with Gasteiger partial charge in [0.25, 0.3) is 0 Å². The summed E-state index contributed by atoms with van der Waals surface area (Å²) < 4.78 is 0.902. The van der Waals surface area contributed by atoms with Gasteiger partial charge in [0, 0.05) is 35.2 Å². The van der Waals surface area contributed by atoms with Crippen molar-refractivity contribution < 1.29 is 0 Å². The van der Waals surface area contributed by atoms with E-state index in [1.54, 1.807) is 0 Å². The molecule has 0 aliphatic carbocycles.